The highest BCUT2D eigenvalue weighted by atomic mass is 35.5. The summed E-state index contributed by atoms with van der Waals surface area (Å²) in [5, 5.41) is 3.59. The van der Waals surface area contributed by atoms with Crippen molar-refractivity contribution in [2.24, 2.45) is 11.7 Å². The number of carbonyl (C=O) groups is 1. The lowest BCUT2D eigenvalue weighted by molar-refractivity contribution is 0.0898. The van der Waals surface area contributed by atoms with E-state index in [4.69, 9.17) is 28.9 Å². The molecule has 1 rings (SSSR count). The molecule has 1 aromatic rings. The number of rotatable bonds is 5. The van der Waals surface area contributed by atoms with Crippen molar-refractivity contribution in [3.8, 4) is 0 Å². The fourth-order valence-electron chi connectivity index (χ4n) is 2.11. The van der Waals surface area contributed by atoms with E-state index in [0.29, 0.717) is 23.0 Å². The molecule has 0 aliphatic carbocycles. The van der Waals surface area contributed by atoms with Gasteiger partial charge in [0.1, 0.15) is 0 Å². The summed E-state index contributed by atoms with van der Waals surface area (Å²) >= 11 is 12.0. The molecule has 0 saturated heterocycles. The molecule has 0 spiro atoms. The molecule has 0 radical (unpaired) electrons. The Morgan fingerprint density at radius 2 is 2.00 bits per heavy atom. The van der Waals surface area contributed by atoms with Gasteiger partial charge in [-0.1, -0.05) is 43.1 Å². The van der Waals surface area contributed by atoms with Crippen molar-refractivity contribution in [2.45, 2.75) is 32.7 Å². The van der Waals surface area contributed by atoms with Crippen molar-refractivity contribution in [1.82, 2.24) is 5.32 Å². The highest BCUT2D eigenvalue weighted by molar-refractivity contribution is 6.43. The number of nitrogens with one attached hydrogen (secondary N) is 1. The minimum atomic E-state index is -0.448. The molecule has 1 aromatic carbocycles. The minimum Gasteiger partial charge on any atom is -0.346 e. The van der Waals surface area contributed by atoms with Gasteiger partial charge in [-0.25, -0.2) is 0 Å². The first-order chi connectivity index (χ1) is 8.79. The molecule has 1 atom stereocenters. The van der Waals surface area contributed by atoms with Crippen molar-refractivity contribution in [1.29, 1.82) is 0 Å². The normalized spacial score (nSPS) is 13.6. The number of benzene rings is 1. The quantitative estimate of drug-likeness (QED) is 0.854. The summed E-state index contributed by atoms with van der Waals surface area (Å²) in [5.74, 6) is 0.185. The van der Waals surface area contributed by atoms with Gasteiger partial charge < -0.3 is 11.1 Å². The van der Waals surface area contributed by atoms with Crippen LogP contribution in [0.15, 0.2) is 18.2 Å². The van der Waals surface area contributed by atoms with Crippen LogP contribution in [-0.4, -0.2) is 18.0 Å². The van der Waals surface area contributed by atoms with Gasteiger partial charge >= 0.3 is 0 Å². The third-order valence-electron chi connectivity index (χ3n) is 2.92. The predicted molar refractivity (Wildman–Crippen MR) is 88.1 cm³/mol. The number of hydrogen-bond donors (Lipinski definition) is 2. The van der Waals surface area contributed by atoms with Crippen LogP contribution < -0.4 is 11.1 Å². The molecule has 0 aliphatic rings. The van der Waals surface area contributed by atoms with Crippen molar-refractivity contribution in [3.63, 3.8) is 0 Å². The molecule has 6 heteroatoms. The van der Waals surface area contributed by atoms with Gasteiger partial charge in [0.15, 0.2) is 0 Å². The second kappa shape index (κ2) is 8.08. The zero-order valence-electron chi connectivity index (χ0n) is 11.9. The summed E-state index contributed by atoms with van der Waals surface area (Å²) in [6, 6.07) is 5.00. The maximum Gasteiger partial charge on any atom is 0.253 e. The molecule has 0 bridgehead atoms. The molecular formula is C14H21Cl3N2O. The van der Waals surface area contributed by atoms with Crippen LogP contribution in [0.3, 0.4) is 0 Å². The molecule has 0 fully saturated rings. The van der Waals surface area contributed by atoms with Gasteiger partial charge in [-0.3, -0.25) is 4.79 Å². The lowest BCUT2D eigenvalue weighted by Gasteiger charge is -2.31. The van der Waals surface area contributed by atoms with E-state index in [2.05, 4.69) is 19.2 Å². The average molecular weight is 340 g/mol. The Morgan fingerprint density at radius 1 is 1.40 bits per heavy atom. The van der Waals surface area contributed by atoms with Crippen molar-refractivity contribution < 1.29 is 4.79 Å². The van der Waals surface area contributed by atoms with Gasteiger partial charge in [-0.15, -0.1) is 12.4 Å². The number of carbonyl (C=O) groups excluding carboxylic acids is 1. The van der Waals surface area contributed by atoms with Gasteiger partial charge in [-0.2, -0.15) is 0 Å². The summed E-state index contributed by atoms with van der Waals surface area (Å²) in [6.45, 7) is 6.48. The van der Waals surface area contributed by atoms with Gasteiger partial charge in [0, 0.05) is 12.1 Å². The number of nitrogens with two attached hydrogens (primary N) is 1. The zero-order valence-corrected chi connectivity index (χ0v) is 14.2. The first kappa shape index (κ1) is 19.5. The predicted octanol–water partition coefficient (Wildman–Crippen LogP) is 3.91. The van der Waals surface area contributed by atoms with E-state index in [1.807, 2.05) is 6.92 Å². The van der Waals surface area contributed by atoms with E-state index < -0.39 is 5.54 Å². The molecule has 0 aromatic heterocycles. The van der Waals surface area contributed by atoms with Crippen molar-refractivity contribution >= 4 is 41.5 Å². The lowest BCUT2D eigenvalue weighted by Crippen LogP contribution is -2.52. The Kier molecular flexibility index (Phi) is 7.89. The van der Waals surface area contributed by atoms with Crippen molar-refractivity contribution in [3.05, 3.63) is 33.8 Å². The highest BCUT2D eigenvalue weighted by Gasteiger charge is 2.27. The molecule has 3 N–H and O–H groups in total. The fraction of sp³-hybridized carbons (Fsp3) is 0.500. The lowest BCUT2D eigenvalue weighted by atomic mass is 9.90. The first-order valence-corrected chi connectivity index (χ1v) is 7.01. The SMILES string of the molecule is CC(C)CC(C)(CN)NC(=O)c1cccc(Cl)c1Cl.Cl. The maximum absolute atomic E-state index is 12.3. The first-order valence-electron chi connectivity index (χ1n) is 6.25. The Bertz CT molecular complexity index is 466. The molecule has 3 nitrogen and oxygen atoms in total. The van der Waals surface area contributed by atoms with Gasteiger partial charge in [0.25, 0.3) is 5.91 Å². The van der Waals surface area contributed by atoms with E-state index in [9.17, 15) is 4.79 Å². The van der Waals surface area contributed by atoms with Crippen LogP contribution in [0.5, 0.6) is 0 Å². The summed E-state index contributed by atoms with van der Waals surface area (Å²) in [5.41, 5.74) is 5.70. The maximum atomic E-state index is 12.3. The number of amides is 1. The van der Waals surface area contributed by atoms with Crippen LogP contribution >= 0.6 is 35.6 Å². The second-order valence-electron chi connectivity index (χ2n) is 5.42. The van der Waals surface area contributed by atoms with E-state index >= 15 is 0 Å². The Labute approximate surface area is 136 Å². The van der Waals surface area contributed by atoms with Crippen LogP contribution in [0.25, 0.3) is 0 Å². The molecule has 20 heavy (non-hydrogen) atoms. The fourth-order valence-corrected chi connectivity index (χ4v) is 2.49. The molecule has 114 valence electrons. The average Bonchev–Trinajstić information content (AvgIpc) is 2.31. The van der Waals surface area contributed by atoms with E-state index in [1.54, 1.807) is 18.2 Å². The van der Waals surface area contributed by atoms with Crippen molar-refractivity contribution in [2.75, 3.05) is 6.54 Å². The number of hydrogen-bond acceptors (Lipinski definition) is 2. The van der Waals surface area contributed by atoms with Crippen LogP contribution in [0.4, 0.5) is 0 Å². The third kappa shape index (κ3) is 5.13. The molecular weight excluding hydrogens is 319 g/mol. The van der Waals surface area contributed by atoms with E-state index in [0.717, 1.165) is 6.42 Å². The van der Waals surface area contributed by atoms with Crippen LogP contribution in [0.2, 0.25) is 10.0 Å². The van der Waals surface area contributed by atoms with Gasteiger partial charge in [0.2, 0.25) is 0 Å². The molecule has 1 unspecified atom stereocenters. The van der Waals surface area contributed by atoms with Gasteiger partial charge in [0.05, 0.1) is 15.6 Å². The van der Waals surface area contributed by atoms with E-state index in [-0.39, 0.29) is 23.3 Å². The Hall–Kier alpha value is -0.480. The van der Waals surface area contributed by atoms with E-state index in [1.165, 1.54) is 0 Å². The van der Waals surface area contributed by atoms with Crippen LogP contribution in [0, 0.1) is 5.92 Å². The molecule has 0 heterocycles. The summed E-state index contributed by atoms with van der Waals surface area (Å²) in [7, 11) is 0. The number of halogens is 3. The standard InChI is InChI=1S/C14H20Cl2N2O.ClH/c1-9(2)7-14(3,8-17)18-13(19)10-5-4-6-11(15)12(10)16;/h4-6,9H,7-8,17H2,1-3H3,(H,18,19);1H. The second-order valence-corrected chi connectivity index (χ2v) is 6.20. The van der Waals surface area contributed by atoms with Crippen LogP contribution in [-0.2, 0) is 0 Å². The molecule has 1 amide bonds. The van der Waals surface area contributed by atoms with Gasteiger partial charge in [-0.05, 0) is 31.4 Å². The minimum absolute atomic E-state index is 0. The Balaban J connectivity index is 0.00000361. The van der Waals surface area contributed by atoms with Crippen LogP contribution in [0.1, 0.15) is 37.6 Å². The summed E-state index contributed by atoms with van der Waals surface area (Å²) in [4.78, 5) is 12.3. The smallest absolute Gasteiger partial charge is 0.253 e. The highest BCUT2D eigenvalue weighted by Crippen LogP contribution is 2.26. The Morgan fingerprint density at radius 3 is 2.50 bits per heavy atom. The topological polar surface area (TPSA) is 55.1 Å². The summed E-state index contributed by atoms with van der Waals surface area (Å²) < 4.78 is 0. The summed E-state index contributed by atoms with van der Waals surface area (Å²) in [6.07, 6.45) is 0.799. The largest absolute Gasteiger partial charge is 0.346 e. The zero-order chi connectivity index (χ0) is 14.6. The molecule has 0 saturated carbocycles. The molecule has 0 aliphatic heterocycles. The monoisotopic (exact) mass is 338 g/mol. The third-order valence-corrected chi connectivity index (χ3v) is 3.74.